The first-order valence-corrected chi connectivity index (χ1v) is 5.31. The molecule has 9 heteroatoms. The van der Waals surface area contributed by atoms with Gasteiger partial charge < -0.3 is 20.9 Å². The molecular formula is C9H13N5O4. The van der Waals surface area contributed by atoms with E-state index in [4.69, 9.17) is 10.5 Å². The number of nitro groups is 1. The Bertz CT molecular complexity index is 460. The van der Waals surface area contributed by atoms with Gasteiger partial charge in [0.1, 0.15) is 11.9 Å². The molecule has 1 aromatic rings. The number of nitrogens with two attached hydrogens (primary N) is 1. The second-order valence-electron chi connectivity index (χ2n) is 4.09. The van der Waals surface area contributed by atoms with Gasteiger partial charge in [0.2, 0.25) is 11.6 Å². The van der Waals surface area contributed by atoms with E-state index in [1.54, 1.807) is 0 Å². The third-order valence-corrected chi connectivity index (χ3v) is 2.70. The van der Waals surface area contributed by atoms with Gasteiger partial charge in [-0.25, -0.2) is 9.97 Å². The fourth-order valence-corrected chi connectivity index (χ4v) is 1.69. The summed E-state index contributed by atoms with van der Waals surface area (Å²) in [6.07, 6.45) is 1.59. The minimum absolute atomic E-state index is 0.00664. The van der Waals surface area contributed by atoms with Crippen LogP contribution in [0.4, 0.5) is 17.3 Å². The molecular weight excluding hydrogens is 242 g/mol. The molecule has 0 aromatic carbocycles. The van der Waals surface area contributed by atoms with Crippen LogP contribution >= 0.6 is 0 Å². The highest BCUT2D eigenvalue weighted by molar-refractivity contribution is 5.67. The number of aromatic nitrogens is 2. The largest absolute Gasteiger partial charge is 0.386 e. The van der Waals surface area contributed by atoms with Crippen molar-refractivity contribution < 1.29 is 14.8 Å². The summed E-state index contributed by atoms with van der Waals surface area (Å²) in [5.41, 5.74) is 4.00. The third kappa shape index (κ3) is 2.46. The van der Waals surface area contributed by atoms with Crippen molar-refractivity contribution in [2.45, 2.75) is 12.0 Å². The molecule has 1 saturated heterocycles. The summed E-state index contributed by atoms with van der Waals surface area (Å²) in [5.74, 6) is -0.222. The van der Waals surface area contributed by atoms with Gasteiger partial charge in [-0.15, -0.1) is 0 Å². The quantitative estimate of drug-likeness (QED) is 0.485. The number of nitrogen functional groups attached to an aromatic ring is 1. The molecule has 0 radical (unpaired) electrons. The Balaban J connectivity index is 2.14. The van der Waals surface area contributed by atoms with Crippen molar-refractivity contribution in [3.8, 4) is 0 Å². The summed E-state index contributed by atoms with van der Waals surface area (Å²) >= 11 is 0. The molecule has 2 rings (SSSR count). The van der Waals surface area contributed by atoms with Crippen molar-refractivity contribution in [2.24, 2.45) is 0 Å². The Morgan fingerprint density at radius 2 is 2.44 bits per heavy atom. The topological polar surface area (TPSA) is 136 Å². The first-order valence-electron chi connectivity index (χ1n) is 5.31. The highest BCUT2D eigenvalue weighted by atomic mass is 16.6. The maximum absolute atomic E-state index is 10.8. The molecule has 9 nitrogen and oxygen atoms in total. The number of hydrogen-bond acceptors (Lipinski definition) is 8. The number of nitrogens with one attached hydrogen (secondary N) is 1. The van der Waals surface area contributed by atoms with Crippen LogP contribution in [-0.2, 0) is 4.74 Å². The van der Waals surface area contributed by atoms with E-state index in [0.717, 1.165) is 6.33 Å². The molecule has 0 amide bonds. The van der Waals surface area contributed by atoms with Gasteiger partial charge in [0.25, 0.3) is 0 Å². The Kier molecular flexibility index (Phi) is 3.26. The molecule has 4 N–H and O–H groups in total. The molecule has 1 unspecified atom stereocenters. The van der Waals surface area contributed by atoms with E-state index < -0.39 is 10.5 Å². The summed E-state index contributed by atoms with van der Waals surface area (Å²) in [5, 5.41) is 23.6. The summed E-state index contributed by atoms with van der Waals surface area (Å²) < 4.78 is 5.07. The Morgan fingerprint density at radius 1 is 1.67 bits per heavy atom. The number of rotatable bonds is 4. The average Bonchev–Trinajstić information content (AvgIpc) is 2.73. The van der Waals surface area contributed by atoms with Crippen molar-refractivity contribution in [1.82, 2.24) is 9.97 Å². The normalized spacial score (nSPS) is 22.9. The smallest absolute Gasteiger partial charge is 0.352 e. The summed E-state index contributed by atoms with van der Waals surface area (Å²) in [6.45, 7) is 0.755. The van der Waals surface area contributed by atoms with Crippen molar-refractivity contribution >= 4 is 17.3 Å². The second kappa shape index (κ2) is 4.70. The first-order chi connectivity index (χ1) is 8.52. The van der Waals surface area contributed by atoms with Crippen molar-refractivity contribution in [2.75, 3.05) is 30.8 Å². The maximum Gasteiger partial charge on any atom is 0.352 e. The van der Waals surface area contributed by atoms with E-state index in [0.29, 0.717) is 13.0 Å². The molecule has 1 aliphatic heterocycles. The molecule has 18 heavy (non-hydrogen) atoms. The molecule has 1 aromatic heterocycles. The standard InChI is InChI=1S/C9H13N5O4/c10-7-6(14(16)17)8(13-5-12-7)11-3-9(15)1-2-18-4-9/h5,15H,1-4H2,(H3,10,11,12,13). The van der Waals surface area contributed by atoms with E-state index in [-0.39, 0.29) is 30.5 Å². The average molecular weight is 255 g/mol. The molecule has 0 bridgehead atoms. The van der Waals surface area contributed by atoms with Crippen LogP contribution in [0.25, 0.3) is 0 Å². The molecule has 1 aliphatic rings. The summed E-state index contributed by atoms with van der Waals surface area (Å²) in [6, 6.07) is 0. The third-order valence-electron chi connectivity index (χ3n) is 2.70. The van der Waals surface area contributed by atoms with Gasteiger partial charge in [-0.3, -0.25) is 10.1 Å². The molecule has 0 aliphatic carbocycles. The number of nitrogens with zero attached hydrogens (tertiary/aromatic N) is 3. The van der Waals surface area contributed by atoms with Crippen molar-refractivity contribution in [1.29, 1.82) is 0 Å². The lowest BCUT2D eigenvalue weighted by Gasteiger charge is -2.20. The zero-order valence-electron chi connectivity index (χ0n) is 9.50. The number of anilines is 2. The van der Waals surface area contributed by atoms with Crippen molar-refractivity contribution in [3.05, 3.63) is 16.4 Å². The van der Waals surface area contributed by atoms with Crippen LogP contribution in [0.15, 0.2) is 6.33 Å². The zero-order valence-corrected chi connectivity index (χ0v) is 9.50. The van der Waals surface area contributed by atoms with E-state index in [1.807, 2.05) is 0 Å². The zero-order chi connectivity index (χ0) is 13.2. The van der Waals surface area contributed by atoms with E-state index in [9.17, 15) is 15.2 Å². The molecule has 0 spiro atoms. The van der Waals surface area contributed by atoms with E-state index >= 15 is 0 Å². The first kappa shape index (κ1) is 12.5. The van der Waals surface area contributed by atoms with Crippen molar-refractivity contribution in [3.63, 3.8) is 0 Å². The predicted molar refractivity (Wildman–Crippen MR) is 62.0 cm³/mol. The van der Waals surface area contributed by atoms with E-state index in [1.165, 1.54) is 0 Å². The lowest BCUT2D eigenvalue weighted by Crippen LogP contribution is -2.37. The minimum atomic E-state index is -1.03. The monoisotopic (exact) mass is 255 g/mol. The van der Waals surface area contributed by atoms with Crippen LogP contribution in [0, 0.1) is 10.1 Å². The SMILES string of the molecule is Nc1ncnc(NCC2(O)CCOC2)c1[N+](=O)[O-]. The molecule has 0 saturated carbocycles. The van der Waals surface area contributed by atoms with Gasteiger partial charge >= 0.3 is 5.69 Å². The summed E-state index contributed by atoms with van der Waals surface area (Å²) in [7, 11) is 0. The van der Waals surface area contributed by atoms with Crippen LogP contribution in [0.5, 0.6) is 0 Å². The minimum Gasteiger partial charge on any atom is -0.386 e. The molecule has 2 heterocycles. The Morgan fingerprint density at radius 3 is 3.06 bits per heavy atom. The second-order valence-corrected chi connectivity index (χ2v) is 4.09. The van der Waals surface area contributed by atoms with Gasteiger partial charge in [-0.1, -0.05) is 0 Å². The Labute approximate surface area is 102 Å². The predicted octanol–water partition coefficient (Wildman–Crippen LogP) is -0.470. The highest BCUT2D eigenvalue weighted by Gasteiger charge is 2.33. The molecule has 1 atom stereocenters. The number of aliphatic hydroxyl groups is 1. The fraction of sp³-hybridized carbons (Fsp3) is 0.556. The maximum atomic E-state index is 10.8. The number of ether oxygens (including phenoxy) is 1. The van der Waals surface area contributed by atoms with Crippen LogP contribution in [0.3, 0.4) is 0 Å². The molecule has 1 fully saturated rings. The van der Waals surface area contributed by atoms with Gasteiger partial charge in [0.05, 0.1) is 11.5 Å². The Hall–Kier alpha value is -2.00. The fourth-order valence-electron chi connectivity index (χ4n) is 1.69. The van der Waals surface area contributed by atoms with Crippen LogP contribution < -0.4 is 11.1 Å². The van der Waals surface area contributed by atoms with Gasteiger partial charge in [0.15, 0.2) is 0 Å². The van der Waals surface area contributed by atoms with Gasteiger partial charge in [-0.05, 0) is 0 Å². The number of hydrogen-bond donors (Lipinski definition) is 3. The van der Waals surface area contributed by atoms with E-state index in [2.05, 4.69) is 15.3 Å². The lowest BCUT2D eigenvalue weighted by atomic mass is 10.0. The highest BCUT2D eigenvalue weighted by Crippen LogP contribution is 2.27. The lowest BCUT2D eigenvalue weighted by molar-refractivity contribution is -0.383. The van der Waals surface area contributed by atoms with Gasteiger partial charge in [-0.2, -0.15) is 0 Å². The van der Waals surface area contributed by atoms with Crippen LogP contribution in [-0.4, -0.2) is 45.4 Å². The van der Waals surface area contributed by atoms with Gasteiger partial charge in [0, 0.05) is 19.6 Å². The summed E-state index contributed by atoms with van der Waals surface area (Å²) in [4.78, 5) is 17.5. The van der Waals surface area contributed by atoms with Crippen LogP contribution in [0.2, 0.25) is 0 Å². The molecule has 98 valence electrons. The van der Waals surface area contributed by atoms with Crippen LogP contribution in [0.1, 0.15) is 6.42 Å².